The van der Waals surface area contributed by atoms with Crippen LogP contribution in [0, 0.1) is 0 Å². The van der Waals surface area contributed by atoms with Crippen LogP contribution < -0.4 is 21.5 Å². The van der Waals surface area contributed by atoms with E-state index in [9.17, 15) is 9.59 Å². The molecule has 1 aromatic heterocycles. The molecule has 1 fully saturated rings. The maximum Gasteiger partial charge on any atom is 0.331 e. The summed E-state index contributed by atoms with van der Waals surface area (Å²) in [6.45, 7) is 8.25. The Morgan fingerprint density at radius 3 is 2.63 bits per heavy atom. The molecule has 0 radical (unpaired) electrons. The van der Waals surface area contributed by atoms with Gasteiger partial charge in [0.05, 0.1) is 0 Å². The quantitative estimate of drug-likeness (QED) is 0.826. The molecule has 1 saturated heterocycles. The Hall–Kier alpha value is -1.56. The number of rotatable bonds is 3. The van der Waals surface area contributed by atoms with E-state index in [0.29, 0.717) is 18.8 Å². The molecule has 19 heavy (non-hydrogen) atoms. The number of hydrogen-bond acceptors (Lipinski definition) is 4. The van der Waals surface area contributed by atoms with Gasteiger partial charge in [0.1, 0.15) is 5.69 Å². The molecule has 6 heteroatoms. The number of nitrogens with one attached hydrogen (secondary N) is 1. The van der Waals surface area contributed by atoms with Crippen LogP contribution in [0.25, 0.3) is 0 Å². The maximum absolute atomic E-state index is 12.4. The second-order valence-electron chi connectivity index (χ2n) is 4.72. The molecule has 0 bridgehead atoms. The first-order valence-electron chi connectivity index (χ1n) is 6.99. The average molecular weight is 266 g/mol. The van der Waals surface area contributed by atoms with Crippen LogP contribution in [0.3, 0.4) is 0 Å². The van der Waals surface area contributed by atoms with Crippen molar-refractivity contribution >= 4 is 5.69 Å². The number of aromatic nitrogens is 2. The molecule has 0 spiro atoms. The van der Waals surface area contributed by atoms with E-state index in [0.717, 1.165) is 32.6 Å². The molecule has 0 amide bonds. The molecule has 1 aromatic rings. The van der Waals surface area contributed by atoms with Gasteiger partial charge in [0, 0.05) is 38.9 Å². The van der Waals surface area contributed by atoms with E-state index in [1.54, 1.807) is 10.8 Å². The lowest BCUT2D eigenvalue weighted by atomic mass is 10.3. The highest BCUT2D eigenvalue weighted by atomic mass is 16.2. The van der Waals surface area contributed by atoms with E-state index < -0.39 is 0 Å². The molecule has 1 aliphatic heterocycles. The zero-order chi connectivity index (χ0) is 13.8. The lowest BCUT2D eigenvalue weighted by Crippen LogP contribution is -2.43. The van der Waals surface area contributed by atoms with Crippen molar-refractivity contribution in [2.45, 2.75) is 33.4 Å². The third-order valence-electron chi connectivity index (χ3n) is 3.56. The van der Waals surface area contributed by atoms with Crippen LogP contribution in [0.5, 0.6) is 0 Å². The Morgan fingerprint density at radius 2 is 1.95 bits per heavy atom. The van der Waals surface area contributed by atoms with Gasteiger partial charge < -0.3 is 10.2 Å². The van der Waals surface area contributed by atoms with Gasteiger partial charge in [-0.25, -0.2) is 4.79 Å². The fraction of sp³-hybridized carbons (Fsp3) is 0.692. The molecule has 106 valence electrons. The Labute approximate surface area is 112 Å². The molecule has 2 heterocycles. The fourth-order valence-electron chi connectivity index (χ4n) is 2.45. The number of hydrogen-bond donors (Lipinski definition) is 1. The lowest BCUT2D eigenvalue weighted by Gasteiger charge is -2.23. The molecule has 2 rings (SSSR count). The largest absolute Gasteiger partial charge is 0.365 e. The van der Waals surface area contributed by atoms with Crippen LogP contribution in [0.2, 0.25) is 0 Å². The summed E-state index contributed by atoms with van der Waals surface area (Å²) in [6, 6.07) is 0. The average Bonchev–Trinajstić information content (AvgIpc) is 2.68. The van der Waals surface area contributed by atoms with E-state index in [1.165, 1.54) is 4.57 Å². The second-order valence-corrected chi connectivity index (χ2v) is 4.72. The highest BCUT2D eigenvalue weighted by Crippen LogP contribution is 2.08. The summed E-state index contributed by atoms with van der Waals surface area (Å²) in [5.41, 5.74) is 0.262. The summed E-state index contributed by atoms with van der Waals surface area (Å²) in [4.78, 5) is 26.5. The van der Waals surface area contributed by atoms with Crippen LogP contribution in [0.4, 0.5) is 5.69 Å². The Bertz CT molecular complexity index is 539. The summed E-state index contributed by atoms with van der Waals surface area (Å²) in [6.07, 6.45) is 2.72. The summed E-state index contributed by atoms with van der Waals surface area (Å²) in [5.74, 6) is 0. The van der Waals surface area contributed by atoms with Crippen molar-refractivity contribution in [3.8, 4) is 0 Å². The molecule has 0 aromatic carbocycles. The Morgan fingerprint density at radius 1 is 1.16 bits per heavy atom. The zero-order valence-corrected chi connectivity index (χ0v) is 11.7. The SMILES string of the molecule is CCn1cc(N2CCCNCC2)c(=O)n(CC)c1=O. The van der Waals surface area contributed by atoms with Crippen LogP contribution >= 0.6 is 0 Å². The van der Waals surface area contributed by atoms with Crippen LogP contribution in [0.15, 0.2) is 15.8 Å². The maximum atomic E-state index is 12.4. The second kappa shape index (κ2) is 6.06. The number of anilines is 1. The normalized spacial score (nSPS) is 16.4. The topological polar surface area (TPSA) is 59.3 Å². The van der Waals surface area contributed by atoms with Crippen molar-refractivity contribution in [3.63, 3.8) is 0 Å². The Kier molecular flexibility index (Phi) is 4.42. The van der Waals surface area contributed by atoms with Crippen LogP contribution in [-0.2, 0) is 13.1 Å². The first-order chi connectivity index (χ1) is 9.19. The smallest absolute Gasteiger partial charge is 0.331 e. The molecule has 0 saturated carbocycles. The number of nitrogens with zero attached hydrogens (tertiary/aromatic N) is 3. The minimum atomic E-state index is -0.216. The zero-order valence-electron chi connectivity index (χ0n) is 11.7. The molecular weight excluding hydrogens is 244 g/mol. The highest BCUT2D eigenvalue weighted by molar-refractivity contribution is 5.42. The third kappa shape index (κ3) is 2.73. The summed E-state index contributed by atoms with van der Waals surface area (Å²) >= 11 is 0. The molecular formula is C13H22N4O2. The van der Waals surface area contributed by atoms with Gasteiger partial charge in [0.2, 0.25) is 0 Å². The van der Waals surface area contributed by atoms with Crippen LogP contribution in [-0.4, -0.2) is 35.3 Å². The summed E-state index contributed by atoms with van der Waals surface area (Å²) < 4.78 is 2.93. The minimum Gasteiger partial charge on any atom is -0.365 e. The minimum absolute atomic E-state index is 0.167. The van der Waals surface area contributed by atoms with Gasteiger partial charge in [-0.1, -0.05) is 0 Å². The van der Waals surface area contributed by atoms with Gasteiger partial charge in [0.25, 0.3) is 5.56 Å². The predicted octanol–water partition coefficient (Wildman–Crippen LogP) is -0.150. The van der Waals surface area contributed by atoms with Gasteiger partial charge >= 0.3 is 5.69 Å². The van der Waals surface area contributed by atoms with E-state index in [4.69, 9.17) is 0 Å². The third-order valence-corrected chi connectivity index (χ3v) is 3.56. The van der Waals surface area contributed by atoms with E-state index in [2.05, 4.69) is 10.2 Å². The first-order valence-corrected chi connectivity index (χ1v) is 6.99. The van der Waals surface area contributed by atoms with E-state index in [-0.39, 0.29) is 11.2 Å². The van der Waals surface area contributed by atoms with Gasteiger partial charge in [-0.2, -0.15) is 0 Å². The van der Waals surface area contributed by atoms with E-state index >= 15 is 0 Å². The molecule has 0 atom stereocenters. The van der Waals surface area contributed by atoms with Crippen molar-refractivity contribution in [1.29, 1.82) is 0 Å². The van der Waals surface area contributed by atoms with Crippen molar-refractivity contribution in [2.75, 3.05) is 31.1 Å². The van der Waals surface area contributed by atoms with Crippen LogP contribution in [0.1, 0.15) is 20.3 Å². The monoisotopic (exact) mass is 266 g/mol. The van der Waals surface area contributed by atoms with Crippen molar-refractivity contribution in [1.82, 2.24) is 14.5 Å². The summed E-state index contributed by atoms with van der Waals surface area (Å²) in [7, 11) is 0. The van der Waals surface area contributed by atoms with Crippen molar-refractivity contribution in [3.05, 3.63) is 27.0 Å². The number of aryl methyl sites for hydroxylation is 1. The summed E-state index contributed by atoms with van der Waals surface area (Å²) in [5, 5.41) is 3.32. The molecule has 6 nitrogen and oxygen atoms in total. The Balaban J connectivity index is 2.49. The van der Waals surface area contributed by atoms with Gasteiger partial charge in [-0.15, -0.1) is 0 Å². The van der Waals surface area contributed by atoms with Crippen molar-refractivity contribution in [2.24, 2.45) is 0 Å². The predicted molar refractivity (Wildman–Crippen MR) is 76.0 cm³/mol. The first kappa shape index (κ1) is 13.9. The fourth-order valence-corrected chi connectivity index (χ4v) is 2.45. The van der Waals surface area contributed by atoms with Crippen molar-refractivity contribution < 1.29 is 0 Å². The van der Waals surface area contributed by atoms with Gasteiger partial charge in [-0.3, -0.25) is 13.9 Å². The van der Waals surface area contributed by atoms with E-state index in [1.807, 2.05) is 13.8 Å². The standard InChI is InChI=1S/C13H22N4O2/c1-3-15-10-11(12(18)17(4-2)13(15)19)16-8-5-6-14-7-9-16/h10,14H,3-9H2,1-2H3. The van der Waals surface area contributed by atoms with Gasteiger partial charge in [0.15, 0.2) is 0 Å². The molecule has 1 N–H and O–H groups in total. The highest BCUT2D eigenvalue weighted by Gasteiger charge is 2.16. The molecule has 0 aliphatic carbocycles. The van der Waals surface area contributed by atoms with Gasteiger partial charge in [-0.05, 0) is 26.8 Å². The molecule has 1 aliphatic rings. The lowest BCUT2D eigenvalue weighted by molar-refractivity contribution is 0.583. The molecule has 0 unspecified atom stereocenters.